The third kappa shape index (κ3) is 3.23. The molecule has 0 spiro atoms. The van der Waals surface area contributed by atoms with Gasteiger partial charge in [-0.2, -0.15) is 0 Å². The zero-order valence-corrected chi connectivity index (χ0v) is 10.1. The van der Waals surface area contributed by atoms with Gasteiger partial charge in [0.1, 0.15) is 5.75 Å². The van der Waals surface area contributed by atoms with Crippen LogP contribution in [0.5, 0.6) is 5.75 Å². The van der Waals surface area contributed by atoms with E-state index in [9.17, 15) is 0 Å². The van der Waals surface area contributed by atoms with Crippen LogP contribution in [0.1, 0.15) is 5.56 Å². The fourth-order valence-electron chi connectivity index (χ4n) is 0.944. The van der Waals surface area contributed by atoms with Gasteiger partial charge in [-0.25, -0.2) is 0 Å². The number of halogens is 1. The molecule has 0 bridgehead atoms. The predicted molar refractivity (Wildman–Crippen MR) is 63.9 cm³/mol. The first-order valence-corrected chi connectivity index (χ1v) is 5.70. The summed E-state index contributed by atoms with van der Waals surface area (Å²) in [6, 6.07) is 5.74. The molecule has 0 heterocycles. The average molecular weight is 275 g/mol. The molecular formula is C9H11BrN2OS. The quantitative estimate of drug-likeness (QED) is 0.658. The zero-order chi connectivity index (χ0) is 10.6. The van der Waals surface area contributed by atoms with Gasteiger partial charge in [0.15, 0.2) is 5.17 Å². The smallest absolute Gasteiger partial charge is 0.151 e. The summed E-state index contributed by atoms with van der Waals surface area (Å²) in [5.41, 5.74) is 6.33. The molecule has 0 aliphatic rings. The molecule has 0 amide bonds. The van der Waals surface area contributed by atoms with Crippen molar-refractivity contribution in [1.82, 2.24) is 0 Å². The number of benzene rings is 1. The molecule has 0 saturated heterocycles. The lowest BCUT2D eigenvalue weighted by Crippen LogP contribution is -2.04. The maximum Gasteiger partial charge on any atom is 0.151 e. The summed E-state index contributed by atoms with van der Waals surface area (Å²) in [6.07, 6.45) is 0. The Balaban J connectivity index is 2.78. The molecule has 1 aromatic carbocycles. The van der Waals surface area contributed by atoms with E-state index in [1.165, 1.54) is 11.8 Å². The van der Waals surface area contributed by atoms with Crippen molar-refractivity contribution in [2.75, 3.05) is 7.11 Å². The van der Waals surface area contributed by atoms with E-state index in [0.29, 0.717) is 5.75 Å². The van der Waals surface area contributed by atoms with Gasteiger partial charge in [-0.15, -0.1) is 0 Å². The van der Waals surface area contributed by atoms with Crippen molar-refractivity contribution in [3.63, 3.8) is 0 Å². The molecule has 3 N–H and O–H groups in total. The van der Waals surface area contributed by atoms with Gasteiger partial charge in [0.25, 0.3) is 0 Å². The van der Waals surface area contributed by atoms with E-state index in [-0.39, 0.29) is 5.17 Å². The largest absolute Gasteiger partial charge is 0.497 e. The Kier molecular flexibility index (Phi) is 4.28. The second kappa shape index (κ2) is 5.26. The average Bonchev–Trinajstić information content (AvgIpc) is 2.16. The van der Waals surface area contributed by atoms with E-state index in [4.69, 9.17) is 15.9 Å². The number of nitrogens with two attached hydrogens (primary N) is 1. The third-order valence-electron chi connectivity index (χ3n) is 1.64. The van der Waals surface area contributed by atoms with Crippen LogP contribution in [0.4, 0.5) is 0 Å². The molecule has 14 heavy (non-hydrogen) atoms. The van der Waals surface area contributed by atoms with Crippen LogP contribution in [0.15, 0.2) is 22.7 Å². The first-order chi connectivity index (χ1) is 6.63. The van der Waals surface area contributed by atoms with Crippen LogP contribution in [0.3, 0.4) is 0 Å². The van der Waals surface area contributed by atoms with Crippen LogP contribution in [0.25, 0.3) is 0 Å². The summed E-state index contributed by atoms with van der Waals surface area (Å²) in [5.74, 6) is 1.49. The molecule has 1 rings (SSSR count). The van der Waals surface area contributed by atoms with E-state index >= 15 is 0 Å². The summed E-state index contributed by atoms with van der Waals surface area (Å²) < 4.78 is 6.11. The molecule has 0 aromatic heterocycles. The van der Waals surface area contributed by atoms with Crippen molar-refractivity contribution in [3.8, 4) is 5.75 Å². The molecule has 0 aliphatic carbocycles. The molecule has 1 aromatic rings. The molecule has 0 fully saturated rings. The number of methoxy groups -OCH3 is 1. The lowest BCUT2D eigenvalue weighted by Gasteiger charge is -2.06. The number of hydrogen-bond acceptors (Lipinski definition) is 3. The Hall–Kier alpha value is -0.680. The highest BCUT2D eigenvalue weighted by atomic mass is 79.9. The van der Waals surface area contributed by atoms with Crippen molar-refractivity contribution >= 4 is 32.9 Å². The van der Waals surface area contributed by atoms with Crippen molar-refractivity contribution in [3.05, 3.63) is 28.2 Å². The number of hydrogen-bond donors (Lipinski definition) is 2. The van der Waals surface area contributed by atoms with Gasteiger partial charge in [0, 0.05) is 10.2 Å². The van der Waals surface area contributed by atoms with Crippen LogP contribution >= 0.6 is 27.7 Å². The molecular weight excluding hydrogens is 264 g/mol. The molecule has 0 unspecified atom stereocenters. The zero-order valence-electron chi connectivity index (χ0n) is 7.71. The Morgan fingerprint density at radius 3 is 2.93 bits per heavy atom. The van der Waals surface area contributed by atoms with Crippen molar-refractivity contribution in [2.45, 2.75) is 5.75 Å². The number of nitrogens with one attached hydrogen (secondary N) is 1. The summed E-state index contributed by atoms with van der Waals surface area (Å²) in [7, 11) is 1.63. The minimum absolute atomic E-state index is 0.125. The fraction of sp³-hybridized carbons (Fsp3) is 0.222. The lowest BCUT2D eigenvalue weighted by atomic mass is 10.2. The predicted octanol–water partition coefficient (Wildman–Crippen LogP) is 2.58. The van der Waals surface area contributed by atoms with E-state index in [2.05, 4.69) is 15.9 Å². The SMILES string of the molecule is COc1ccc(Br)c(CSC(=N)N)c1. The van der Waals surface area contributed by atoms with Crippen LogP contribution in [-0.4, -0.2) is 12.3 Å². The minimum atomic E-state index is 0.125. The lowest BCUT2D eigenvalue weighted by molar-refractivity contribution is 0.414. The second-order valence-corrected chi connectivity index (χ2v) is 4.48. The standard InChI is InChI=1S/C9H11BrN2OS/c1-13-7-2-3-8(10)6(4-7)5-14-9(11)12/h2-4H,5H2,1H3,(H3,11,12). The molecule has 0 atom stereocenters. The summed E-state index contributed by atoms with van der Waals surface area (Å²) >= 11 is 4.72. The van der Waals surface area contributed by atoms with Gasteiger partial charge in [-0.3, -0.25) is 5.41 Å². The Labute approximate surface area is 95.7 Å². The first-order valence-electron chi connectivity index (χ1n) is 3.92. The number of thioether (sulfide) groups is 1. The Morgan fingerprint density at radius 2 is 2.36 bits per heavy atom. The van der Waals surface area contributed by atoms with Gasteiger partial charge >= 0.3 is 0 Å². The minimum Gasteiger partial charge on any atom is -0.497 e. The van der Waals surface area contributed by atoms with Crippen LogP contribution < -0.4 is 10.5 Å². The van der Waals surface area contributed by atoms with Gasteiger partial charge in [0.2, 0.25) is 0 Å². The van der Waals surface area contributed by atoms with Gasteiger partial charge in [-0.1, -0.05) is 27.7 Å². The topological polar surface area (TPSA) is 59.1 Å². The summed E-state index contributed by atoms with van der Waals surface area (Å²) in [5, 5.41) is 7.23. The fourth-order valence-corrected chi connectivity index (χ4v) is 2.07. The van der Waals surface area contributed by atoms with Gasteiger partial charge in [0.05, 0.1) is 7.11 Å². The van der Waals surface area contributed by atoms with Crippen LogP contribution in [-0.2, 0) is 5.75 Å². The number of rotatable bonds is 3. The Morgan fingerprint density at radius 1 is 1.64 bits per heavy atom. The second-order valence-electron chi connectivity index (χ2n) is 2.61. The van der Waals surface area contributed by atoms with E-state index in [1.54, 1.807) is 7.11 Å². The molecule has 0 saturated carbocycles. The normalized spacial score (nSPS) is 9.86. The van der Waals surface area contributed by atoms with Crippen LogP contribution in [0, 0.1) is 5.41 Å². The third-order valence-corrected chi connectivity index (χ3v) is 3.18. The summed E-state index contributed by atoms with van der Waals surface area (Å²) in [4.78, 5) is 0. The molecule has 3 nitrogen and oxygen atoms in total. The summed E-state index contributed by atoms with van der Waals surface area (Å²) in [6.45, 7) is 0. The van der Waals surface area contributed by atoms with Crippen molar-refractivity contribution in [1.29, 1.82) is 5.41 Å². The molecule has 0 radical (unpaired) electrons. The maximum atomic E-state index is 7.11. The van der Waals surface area contributed by atoms with Crippen LogP contribution in [0.2, 0.25) is 0 Å². The molecule has 0 aliphatic heterocycles. The van der Waals surface area contributed by atoms with Gasteiger partial charge in [-0.05, 0) is 23.8 Å². The molecule has 5 heteroatoms. The highest BCUT2D eigenvalue weighted by Crippen LogP contribution is 2.25. The number of ether oxygens (including phenoxy) is 1. The van der Waals surface area contributed by atoms with Crippen molar-refractivity contribution in [2.24, 2.45) is 5.73 Å². The molecule has 76 valence electrons. The maximum absolute atomic E-state index is 7.11. The van der Waals surface area contributed by atoms with Gasteiger partial charge < -0.3 is 10.5 Å². The monoisotopic (exact) mass is 274 g/mol. The highest BCUT2D eigenvalue weighted by Gasteiger charge is 2.03. The van der Waals surface area contributed by atoms with Crippen molar-refractivity contribution < 1.29 is 4.74 Å². The highest BCUT2D eigenvalue weighted by molar-refractivity contribution is 9.10. The number of amidine groups is 1. The first kappa shape index (κ1) is 11.4. The van der Waals surface area contributed by atoms with E-state index in [1.807, 2.05) is 18.2 Å². The Bertz CT molecular complexity index is 344. The van der Waals surface area contributed by atoms with E-state index < -0.39 is 0 Å². The van der Waals surface area contributed by atoms with E-state index in [0.717, 1.165) is 15.8 Å².